The molecule has 0 N–H and O–H groups in total. The highest BCUT2D eigenvalue weighted by molar-refractivity contribution is 5.15. The molecule has 168 valence electrons. The van der Waals surface area contributed by atoms with E-state index in [0.717, 1.165) is 25.8 Å². The maximum absolute atomic E-state index is 5.07. The zero-order valence-electron chi connectivity index (χ0n) is 19.9. The summed E-state index contributed by atoms with van der Waals surface area (Å²) in [6.07, 6.45) is 23.3. The Morgan fingerprint density at radius 3 is 1.97 bits per heavy atom. The SMILES string of the molecule is CCCCCCCCCc1nc(CCCc2ccccc2)cn1CCCCCCC. The van der Waals surface area contributed by atoms with Crippen LogP contribution in [-0.4, -0.2) is 9.55 Å². The molecule has 0 unspecified atom stereocenters. The standard InChI is InChI=1S/C28H46N2/c1-3-5-7-9-10-11-16-23-28-29-27(22-18-21-26-19-14-13-15-20-26)25-30(28)24-17-12-8-6-4-2/h13-15,19-20,25H,3-12,16-18,21-24H2,1-2H3. The minimum Gasteiger partial charge on any atom is -0.335 e. The molecule has 0 saturated heterocycles. The third-order valence-electron chi connectivity index (χ3n) is 6.16. The van der Waals surface area contributed by atoms with Gasteiger partial charge < -0.3 is 4.57 Å². The lowest BCUT2D eigenvalue weighted by molar-refractivity contribution is 0.539. The Morgan fingerprint density at radius 2 is 1.27 bits per heavy atom. The summed E-state index contributed by atoms with van der Waals surface area (Å²) in [7, 11) is 0. The number of rotatable bonds is 18. The Kier molecular flexibility index (Phi) is 13.3. The molecule has 2 nitrogen and oxygen atoms in total. The van der Waals surface area contributed by atoms with Crippen molar-refractivity contribution in [2.24, 2.45) is 0 Å². The summed E-state index contributed by atoms with van der Waals surface area (Å²) >= 11 is 0. The van der Waals surface area contributed by atoms with Gasteiger partial charge in [0.2, 0.25) is 0 Å². The molecule has 0 radical (unpaired) electrons. The predicted octanol–water partition coefficient (Wildman–Crippen LogP) is 8.32. The second-order valence-electron chi connectivity index (χ2n) is 8.97. The zero-order chi connectivity index (χ0) is 21.3. The van der Waals surface area contributed by atoms with Gasteiger partial charge in [-0.2, -0.15) is 0 Å². The Hall–Kier alpha value is -1.57. The minimum atomic E-state index is 1.10. The van der Waals surface area contributed by atoms with Crippen LogP contribution in [0, 0.1) is 0 Å². The van der Waals surface area contributed by atoms with E-state index in [0.29, 0.717) is 0 Å². The van der Waals surface area contributed by atoms with Gasteiger partial charge in [0.15, 0.2) is 0 Å². The van der Waals surface area contributed by atoms with Gasteiger partial charge in [0.1, 0.15) is 5.82 Å². The highest BCUT2D eigenvalue weighted by Crippen LogP contribution is 2.15. The lowest BCUT2D eigenvalue weighted by Crippen LogP contribution is -2.03. The van der Waals surface area contributed by atoms with E-state index in [1.165, 1.54) is 101 Å². The van der Waals surface area contributed by atoms with Crippen LogP contribution in [0.3, 0.4) is 0 Å². The van der Waals surface area contributed by atoms with Gasteiger partial charge in [0.25, 0.3) is 0 Å². The average Bonchev–Trinajstić information content (AvgIpc) is 3.15. The number of benzene rings is 1. The Bertz CT molecular complexity index is 644. The van der Waals surface area contributed by atoms with E-state index in [9.17, 15) is 0 Å². The second kappa shape index (κ2) is 16.2. The lowest BCUT2D eigenvalue weighted by atomic mass is 10.1. The third kappa shape index (κ3) is 10.5. The molecule has 2 aromatic rings. The first-order chi connectivity index (χ1) is 14.8. The number of imidazole rings is 1. The van der Waals surface area contributed by atoms with Crippen molar-refractivity contribution in [2.75, 3.05) is 0 Å². The van der Waals surface area contributed by atoms with Crippen LogP contribution in [0.4, 0.5) is 0 Å². The summed E-state index contributed by atoms with van der Waals surface area (Å²) in [6, 6.07) is 10.9. The van der Waals surface area contributed by atoms with Crippen LogP contribution in [0.5, 0.6) is 0 Å². The van der Waals surface area contributed by atoms with E-state index in [1.54, 1.807) is 0 Å². The molecular weight excluding hydrogens is 364 g/mol. The van der Waals surface area contributed by atoms with Gasteiger partial charge >= 0.3 is 0 Å². The van der Waals surface area contributed by atoms with E-state index < -0.39 is 0 Å². The van der Waals surface area contributed by atoms with Crippen molar-refractivity contribution in [1.29, 1.82) is 0 Å². The summed E-state index contributed by atoms with van der Waals surface area (Å²) in [5.74, 6) is 1.34. The molecular formula is C28H46N2. The van der Waals surface area contributed by atoms with Crippen LogP contribution in [-0.2, 0) is 25.8 Å². The molecule has 0 amide bonds. The molecule has 2 heteroatoms. The summed E-state index contributed by atoms with van der Waals surface area (Å²) in [6.45, 7) is 5.73. The average molecular weight is 411 g/mol. The van der Waals surface area contributed by atoms with Crippen LogP contribution >= 0.6 is 0 Å². The summed E-state index contributed by atoms with van der Waals surface area (Å²) in [5.41, 5.74) is 2.74. The van der Waals surface area contributed by atoms with Crippen molar-refractivity contribution < 1.29 is 0 Å². The van der Waals surface area contributed by atoms with E-state index in [4.69, 9.17) is 4.98 Å². The number of nitrogens with zero attached hydrogens (tertiary/aromatic N) is 2. The monoisotopic (exact) mass is 410 g/mol. The van der Waals surface area contributed by atoms with Gasteiger partial charge in [0.05, 0.1) is 5.69 Å². The fourth-order valence-electron chi connectivity index (χ4n) is 4.27. The molecule has 0 aliphatic rings. The van der Waals surface area contributed by atoms with Crippen molar-refractivity contribution >= 4 is 0 Å². The smallest absolute Gasteiger partial charge is 0.108 e. The van der Waals surface area contributed by atoms with E-state index >= 15 is 0 Å². The Morgan fingerprint density at radius 1 is 0.633 bits per heavy atom. The topological polar surface area (TPSA) is 17.8 Å². The molecule has 1 aromatic carbocycles. The van der Waals surface area contributed by atoms with E-state index in [-0.39, 0.29) is 0 Å². The molecule has 0 fully saturated rings. The Labute approximate surface area is 186 Å². The zero-order valence-corrected chi connectivity index (χ0v) is 19.9. The number of aromatic nitrogens is 2. The predicted molar refractivity (Wildman–Crippen MR) is 131 cm³/mol. The van der Waals surface area contributed by atoms with E-state index in [2.05, 4.69) is 54.9 Å². The van der Waals surface area contributed by atoms with Crippen molar-refractivity contribution in [3.63, 3.8) is 0 Å². The molecule has 1 heterocycles. The molecule has 1 aromatic heterocycles. The van der Waals surface area contributed by atoms with Crippen molar-refractivity contribution in [2.45, 2.75) is 123 Å². The number of hydrogen-bond acceptors (Lipinski definition) is 1. The van der Waals surface area contributed by atoms with Gasteiger partial charge in [-0.1, -0.05) is 108 Å². The molecule has 0 aliphatic heterocycles. The molecule has 0 atom stereocenters. The molecule has 0 saturated carbocycles. The van der Waals surface area contributed by atoms with Crippen LogP contribution in [0.2, 0.25) is 0 Å². The third-order valence-corrected chi connectivity index (χ3v) is 6.16. The summed E-state index contributed by atoms with van der Waals surface area (Å²) < 4.78 is 2.49. The first-order valence-corrected chi connectivity index (χ1v) is 12.9. The highest BCUT2D eigenvalue weighted by Gasteiger charge is 2.08. The largest absolute Gasteiger partial charge is 0.335 e. The normalized spacial score (nSPS) is 11.3. The van der Waals surface area contributed by atoms with Crippen molar-refractivity contribution in [1.82, 2.24) is 9.55 Å². The second-order valence-corrected chi connectivity index (χ2v) is 8.97. The maximum Gasteiger partial charge on any atom is 0.108 e. The van der Waals surface area contributed by atoms with Gasteiger partial charge in [-0.25, -0.2) is 4.98 Å². The maximum atomic E-state index is 5.07. The van der Waals surface area contributed by atoms with Crippen LogP contribution in [0.25, 0.3) is 0 Å². The summed E-state index contributed by atoms with van der Waals surface area (Å²) in [5, 5.41) is 0. The minimum absolute atomic E-state index is 1.10. The van der Waals surface area contributed by atoms with E-state index in [1.807, 2.05) is 0 Å². The van der Waals surface area contributed by atoms with Crippen LogP contribution in [0.1, 0.15) is 114 Å². The van der Waals surface area contributed by atoms with Crippen molar-refractivity contribution in [3.8, 4) is 0 Å². The number of unbranched alkanes of at least 4 members (excludes halogenated alkanes) is 10. The first-order valence-electron chi connectivity index (χ1n) is 12.9. The van der Waals surface area contributed by atoms with Gasteiger partial charge in [-0.15, -0.1) is 0 Å². The van der Waals surface area contributed by atoms with Crippen LogP contribution in [0.15, 0.2) is 36.5 Å². The first kappa shape index (κ1) is 24.7. The van der Waals surface area contributed by atoms with Gasteiger partial charge in [-0.05, 0) is 37.7 Å². The quantitative estimate of drug-likeness (QED) is 0.226. The molecule has 2 rings (SSSR count). The number of aryl methyl sites for hydroxylation is 4. The highest BCUT2D eigenvalue weighted by atomic mass is 15.1. The van der Waals surface area contributed by atoms with Gasteiger partial charge in [0, 0.05) is 19.2 Å². The van der Waals surface area contributed by atoms with Gasteiger partial charge in [-0.3, -0.25) is 0 Å². The lowest BCUT2D eigenvalue weighted by Gasteiger charge is -2.08. The molecule has 30 heavy (non-hydrogen) atoms. The number of hydrogen-bond donors (Lipinski definition) is 0. The Balaban J connectivity index is 1.79. The molecule has 0 bridgehead atoms. The molecule has 0 aliphatic carbocycles. The molecule has 0 spiro atoms. The van der Waals surface area contributed by atoms with Crippen molar-refractivity contribution in [3.05, 3.63) is 53.6 Å². The fraction of sp³-hybridized carbons (Fsp3) is 0.679. The fourth-order valence-corrected chi connectivity index (χ4v) is 4.27. The van der Waals surface area contributed by atoms with Crippen LogP contribution < -0.4 is 0 Å². The summed E-state index contributed by atoms with van der Waals surface area (Å²) in [4.78, 5) is 5.07.